The highest BCUT2D eigenvalue weighted by molar-refractivity contribution is 8.00. The first-order valence-electron chi connectivity index (χ1n) is 7.22. The number of thioether (sulfide) groups is 2. The molecule has 22 heavy (non-hydrogen) atoms. The molecule has 0 radical (unpaired) electrons. The van der Waals surface area contributed by atoms with Crippen LogP contribution in [0.4, 0.5) is 0 Å². The summed E-state index contributed by atoms with van der Waals surface area (Å²) in [5, 5.41) is 5.09. The van der Waals surface area contributed by atoms with Gasteiger partial charge < -0.3 is 5.32 Å². The van der Waals surface area contributed by atoms with Gasteiger partial charge in [0, 0.05) is 27.8 Å². The van der Waals surface area contributed by atoms with Crippen LogP contribution in [-0.4, -0.2) is 24.0 Å². The van der Waals surface area contributed by atoms with Gasteiger partial charge in [0.05, 0.1) is 5.75 Å². The Balaban J connectivity index is 1.59. The van der Waals surface area contributed by atoms with E-state index in [1.54, 1.807) is 23.1 Å². The Morgan fingerprint density at radius 3 is 2.86 bits per heavy atom. The van der Waals surface area contributed by atoms with Gasteiger partial charge in [-0.1, -0.05) is 23.8 Å². The molecule has 2 rings (SSSR count). The highest BCUT2D eigenvalue weighted by atomic mass is 32.2. The molecule has 0 atom stereocenters. The van der Waals surface area contributed by atoms with Crippen LogP contribution in [0.2, 0.25) is 0 Å². The van der Waals surface area contributed by atoms with Crippen molar-refractivity contribution in [1.82, 2.24) is 5.32 Å². The lowest BCUT2D eigenvalue weighted by atomic mass is 10.2. The molecule has 2 nitrogen and oxygen atoms in total. The van der Waals surface area contributed by atoms with E-state index in [1.807, 2.05) is 11.8 Å². The van der Waals surface area contributed by atoms with Crippen molar-refractivity contribution in [3.63, 3.8) is 0 Å². The predicted octanol–water partition coefficient (Wildman–Crippen LogP) is 4.51. The summed E-state index contributed by atoms with van der Waals surface area (Å²) >= 11 is 5.25. The van der Waals surface area contributed by atoms with E-state index in [4.69, 9.17) is 0 Å². The van der Waals surface area contributed by atoms with Crippen molar-refractivity contribution in [2.45, 2.75) is 24.5 Å². The van der Waals surface area contributed by atoms with Gasteiger partial charge in [-0.2, -0.15) is 11.8 Å². The fraction of sp³-hybridized carbons (Fsp3) is 0.353. The minimum Gasteiger partial charge on any atom is -0.355 e. The van der Waals surface area contributed by atoms with Gasteiger partial charge in [-0.3, -0.25) is 4.79 Å². The van der Waals surface area contributed by atoms with Crippen molar-refractivity contribution in [3.05, 3.63) is 51.7 Å². The first kappa shape index (κ1) is 17.4. The highest BCUT2D eigenvalue weighted by Crippen LogP contribution is 2.22. The van der Waals surface area contributed by atoms with Crippen molar-refractivity contribution in [2.75, 3.05) is 18.1 Å². The number of carbonyl (C=O) groups is 1. The van der Waals surface area contributed by atoms with E-state index in [0.717, 1.165) is 18.1 Å². The lowest BCUT2D eigenvalue weighted by molar-refractivity contribution is -0.118. The smallest absolute Gasteiger partial charge is 0.230 e. The van der Waals surface area contributed by atoms with Gasteiger partial charge in [-0.25, -0.2) is 0 Å². The summed E-state index contributed by atoms with van der Waals surface area (Å²) in [6.07, 6.45) is 0. The van der Waals surface area contributed by atoms with Gasteiger partial charge in [0.25, 0.3) is 0 Å². The lowest BCUT2D eigenvalue weighted by Crippen LogP contribution is -2.27. The molecule has 1 amide bonds. The summed E-state index contributed by atoms with van der Waals surface area (Å²) in [5.74, 6) is 2.59. The normalized spacial score (nSPS) is 10.6. The molecule has 0 aliphatic heterocycles. The number of benzene rings is 1. The van der Waals surface area contributed by atoms with Gasteiger partial charge in [-0.05, 0) is 36.9 Å². The average molecular weight is 352 g/mol. The van der Waals surface area contributed by atoms with Crippen LogP contribution in [-0.2, 0) is 10.5 Å². The third-order valence-electron chi connectivity index (χ3n) is 3.08. The van der Waals surface area contributed by atoms with E-state index in [-0.39, 0.29) is 5.91 Å². The summed E-state index contributed by atoms with van der Waals surface area (Å²) < 4.78 is 0. The Morgan fingerprint density at radius 1 is 1.27 bits per heavy atom. The summed E-state index contributed by atoms with van der Waals surface area (Å²) in [6, 6.07) is 10.6. The number of hydrogen-bond acceptors (Lipinski definition) is 4. The average Bonchev–Trinajstić information content (AvgIpc) is 2.99. The molecule has 0 saturated carbocycles. The third kappa shape index (κ3) is 6.07. The van der Waals surface area contributed by atoms with Crippen molar-refractivity contribution in [3.8, 4) is 0 Å². The molecule has 1 heterocycles. The number of nitrogens with one attached hydrogen (secondary N) is 1. The Kier molecular flexibility index (Phi) is 7.36. The molecule has 118 valence electrons. The zero-order valence-electron chi connectivity index (χ0n) is 12.9. The lowest BCUT2D eigenvalue weighted by Gasteiger charge is -2.07. The van der Waals surface area contributed by atoms with E-state index >= 15 is 0 Å². The van der Waals surface area contributed by atoms with Crippen LogP contribution in [0, 0.1) is 13.8 Å². The molecule has 1 aromatic carbocycles. The Labute approximate surface area is 145 Å². The van der Waals surface area contributed by atoms with E-state index in [0.29, 0.717) is 5.75 Å². The SMILES string of the molecule is Cc1ccc(SCC(=O)NCCSCc2cccs2)c(C)c1. The van der Waals surface area contributed by atoms with Gasteiger partial charge in [0.15, 0.2) is 0 Å². The Morgan fingerprint density at radius 2 is 2.14 bits per heavy atom. The van der Waals surface area contributed by atoms with Crippen LogP contribution in [0.15, 0.2) is 40.6 Å². The third-order valence-corrected chi connectivity index (χ3v) is 6.32. The second kappa shape index (κ2) is 9.28. The number of aryl methyl sites for hydroxylation is 2. The molecule has 0 saturated heterocycles. The first-order valence-corrected chi connectivity index (χ1v) is 10.2. The maximum atomic E-state index is 11.8. The highest BCUT2D eigenvalue weighted by Gasteiger charge is 2.05. The van der Waals surface area contributed by atoms with E-state index < -0.39 is 0 Å². The number of amides is 1. The van der Waals surface area contributed by atoms with E-state index in [1.165, 1.54) is 20.9 Å². The van der Waals surface area contributed by atoms with Crippen molar-refractivity contribution < 1.29 is 4.79 Å². The Hall–Kier alpha value is -0.910. The number of thiophene rings is 1. The minimum atomic E-state index is 0.113. The van der Waals surface area contributed by atoms with Crippen LogP contribution >= 0.6 is 34.9 Å². The minimum absolute atomic E-state index is 0.113. The second-order valence-corrected chi connectivity index (χ2v) is 8.19. The molecule has 0 fully saturated rings. The fourth-order valence-corrected chi connectivity index (χ4v) is 4.52. The fourth-order valence-electron chi connectivity index (χ4n) is 1.99. The number of hydrogen-bond donors (Lipinski definition) is 1. The molecule has 1 aromatic heterocycles. The van der Waals surface area contributed by atoms with Gasteiger partial charge in [0.1, 0.15) is 0 Å². The van der Waals surface area contributed by atoms with Gasteiger partial charge in [0.2, 0.25) is 5.91 Å². The van der Waals surface area contributed by atoms with Gasteiger partial charge >= 0.3 is 0 Å². The van der Waals surface area contributed by atoms with Crippen LogP contribution in [0.25, 0.3) is 0 Å². The molecule has 5 heteroatoms. The molecule has 2 aromatic rings. The van der Waals surface area contributed by atoms with E-state index in [2.05, 4.69) is 54.9 Å². The molecule has 0 aliphatic rings. The first-order chi connectivity index (χ1) is 10.6. The summed E-state index contributed by atoms with van der Waals surface area (Å²) in [7, 11) is 0. The predicted molar refractivity (Wildman–Crippen MR) is 100 cm³/mol. The van der Waals surface area contributed by atoms with Crippen molar-refractivity contribution in [2.24, 2.45) is 0 Å². The van der Waals surface area contributed by atoms with E-state index in [9.17, 15) is 4.79 Å². The molecular formula is C17H21NOS3. The van der Waals surface area contributed by atoms with Crippen molar-refractivity contribution in [1.29, 1.82) is 0 Å². The zero-order chi connectivity index (χ0) is 15.8. The topological polar surface area (TPSA) is 29.1 Å². The molecular weight excluding hydrogens is 330 g/mol. The maximum absolute atomic E-state index is 11.8. The van der Waals surface area contributed by atoms with Crippen LogP contribution in [0.3, 0.4) is 0 Å². The van der Waals surface area contributed by atoms with Crippen LogP contribution < -0.4 is 5.32 Å². The molecule has 0 spiro atoms. The molecule has 0 aliphatic carbocycles. The largest absolute Gasteiger partial charge is 0.355 e. The molecule has 0 bridgehead atoms. The summed E-state index contributed by atoms with van der Waals surface area (Å²) in [6.45, 7) is 4.92. The standard InChI is InChI=1S/C17H21NOS3/c1-13-5-6-16(14(2)10-13)22-12-17(19)18-7-9-20-11-15-4-3-8-21-15/h3-6,8,10H,7,9,11-12H2,1-2H3,(H,18,19). The van der Waals surface area contributed by atoms with Crippen LogP contribution in [0.1, 0.15) is 16.0 Å². The quantitative estimate of drug-likeness (QED) is 0.560. The second-order valence-electron chi connectivity index (χ2n) is 5.04. The van der Waals surface area contributed by atoms with Crippen molar-refractivity contribution >= 4 is 40.8 Å². The Bertz CT molecular complexity index is 596. The molecule has 1 N–H and O–H groups in total. The summed E-state index contributed by atoms with van der Waals surface area (Å²) in [5.41, 5.74) is 2.50. The summed E-state index contributed by atoms with van der Waals surface area (Å²) in [4.78, 5) is 14.4. The number of carbonyl (C=O) groups excluding carboxylic acids is 1. The van der Waals surface area contributed by atoms with Crippen LogP contribution in [0.5, 0.6) is 0 Å². The molecule has 0 unspecified atom stereocenters. The monoisotopic (exact) mass is 351 g/mol. The van der Waals surface area contributed by atoms with Gasteiger partial charge in [-0.15, -0.1) is 23.1 Å². The zero-order valence-corrected chi connectivity index (χ0v) is 15.4. The maximum Gasteiger partial charge on any atom is 0.230 e. The number of rotatable bonds is 8.